The van der Waals surface area contributed by atoms with Crippen LogP contribution in [0.1, 0.15) is 5.48 Å². The Kier molecular flexibility index (Phi) is 5.08. The summed E-state index contributed by atoms with van der Waals surface area (Å²) in [6.07, 6.45) is 0. The van der Waals surface area contributed by atoms with Crippen LogP contribution in [-0.2, 0) is 0 Å². The molecule has 7 aromatic carbocycles. The van der Waals surface area contributed by atoms with Gasteiger partial charge in [0.15, 0.2) is 17.5 Å². The van der Waals surface area contributed by atoms with Crippen LogP contribution in [0.4, 0.5) is 0 Å². The zero-order valence-electron chi connectivity index (χ0n) is 30.8. The molecule has 0 fully saturated rings. The average Bonchev–Trinajstić information content (AvgIpc) is 3.87. The number of furan rings is 2. The van der Waals surface area contributed by atoms with Gasteiger partial charge in [0.05, 0.1) is 27.6 Å². The monoisotopic (exact) mass is 658 g/mol. The van der Waals surface area contributed by atoms with Crippen molar-refractivity contribution >= 4 is 65.7 Å². The van der Waals surface area contributed by atoms with Crippen LogP contribution in [0.3, 0.4) is 0 Å². The summed E-state index contributed by atoms with van der Waals surface area (Å²) in [5.74, 6) is 1.66. The Morgan fingerprint density at radius 3 is 1.86 bits per heavy atom. The van der Waals surface area contributed by atoms with Crippen molar-refractivity contribution in [3.05, 3.63) is 158 Å². The Morgan fingerprint density at radius 2 is 1.10 bits per heavy atom. The smallest absolute Gasteiger partial charge is 0.164 e. The molecule has 0 aliphatic rings. The summed E-state index contributed by atoms with van der Waals surface area (Å²) in [4.78, 5) is 14.7. The molecule has 0 aliphatic heterocycles. The standard InChI is InChI=1S/C45H26N4O2/c1-3-12-27(13-4-1)43-46-44(28-14-5-2-6-15-28)48-45(47-43)29-22-23-32-40(24-29)51-39-21-11-19-36(42(32)39)49-35-18-9-7-16-30(35)33-26-41-34(25-37(33)49)31-17-8-10-20-38(31)50-41/h1-26H/i7D,8D,18D,20D. The minimum atomic E-state index is 0.150. The Labute approximate surface area is 296 Å². The molecule has 11 aromatic rings. The molecular formula is C45H26N4O2. The fourth-order valence-corrected chi connectivity index (χ4v) is 7.25. The van der Waals surface area contributed by atoms with E-state index in [1.165, 1.54) is 6.07 Å². The molecule has 11 rings (SSSR count). The molecule has 0 saturated heterocycles. The highest BCUT2D eigenvalue weighted by Gasteiger charge is 2.21. The Bertz CT molecular complexity index is 3320. The summed E-state index contributed by atoms with van der Waals surface area (Å²) in [6, 6.07) is 42.9. The van der Waals surface area contributed by atoms with Gasteiger partial charge in [0, 0.05) is 43.6 Å². The largest absolute Gasteiger partial charge is 0.456 e. The highest BCUT2D eigenvalue weighted by atomic mass is 16.3. The van der Waals surface area contributed by atoms with Gasteiger partial charge in [0.1, 0.15) is 22.3 Å². The van der Waals surface area contributed by atoms with Gasteiger partial charge in [-0.2, -0.15) is 0 Å². The summed E-state index contributed by atoms with van der Waals surface area (Å²) in [5, 5.41) is 4.74. The number of rotatable bonds is 4. The number of hydrogen-bond donors (Lipinski definition) is 0. The van der Waals surface area contributed by atoms with E-state index in [0.29, 0.717) is 50.7 Å². The number of para-hydroxylation sites is 2. The van der Waals surface area contributed by atoms with Crippen molar-refractivity contribution < 1.29 is 14.3 Å². The lowest BCUT2D eigenvalue weighted by Crippen LogP contribution is -2.00. The maximum absolute atomic E-state index is 9.12. The number of hydrogen-bond acceptors (Lipinski definition) is 5. The SMILES string of the molecule is [2H]c1cc([2H])c2oc3cc4c5cc([2H])cc([2H])c5n(-c5cccc6oc7cc(-c8nc(-c9ccccc9)nc(-c9ccccc9)n8)ccc7c56)c4cc3c2c1. The minimum Gasteiger partial charge on any atom is -0.456 e. The summed E-state index contributed by atoms with van der Waals surface area (Å²) in [5.41, 5.74) is 7.11. The van der Waals surface area contributed by atoms with Crippen LogP contribution in [-0.4, -0.2) is 19.5 Å². The first kappa shape index (κ1) is 24.1. The second-order valence-corrected chi connectivity index (χ2v) is 12.5. The molecule has 238 valence electrons. The lowest BCUT2D eigenvalue weighted by atomic mass is 10.1. The van der Waals surface area contributed by atoms with Crippen LogP contribution in [0, 0.1) is 0 Å². The van der Waals surface area contributed by atoms with Crippen LogP contribution >= 0.6 is 0 Å². The van der Waals surface area contributed by atoms with Gasteiger partial charge in [-0.15, -0.1) is 0 Å². The Balaban J connectivity index is 1.15. The average molecular weight is 659 g/mol. The molecule has 0 spiro atoms. The number of benzene rings is 7. The molecule has 0 atom stereocenters. The van der Waals surface area contributed by atoms with Gasteiger partial charge < -0.3 is 13.4 Å². The Morgan fingerprint density at radius 1 is 0.431 bits per heavy atom. The van der Waals surface area contributed by atoms with Crippen molar-refractivity contribution in [2.24, 2.45) is 0 Å². The number of fused-ring (bicyclic) bond motifs is 9. The van der Waals surface area contributed by atoms with Gasteiger partial charge in [-0.3, -0.25) is 0 Å². The van der Waals surface area contributed by atoms with E-state index >= 15 is 0 Å². The molecule has 6 nitrogen and oxygen atoms in total. The fraction of sp³-hybridized carbons (Fsp3) is 0. The van der Waals surface area contributed by atoms with E-state index in [9.17, 15) is 0 Å². The van der Waals surface area contributed by atoms with E-state index in [0.717, 1.165) is 54.8 Å². The second-order valence-electron chi connectivity index (χ2n) is 12.5. The Hall–Kier alpha value is -7.05. The van der Waals surface area contributed by atoms with Crippen LogP contribution in [0.5, 0.6) is 0 Å². The van der Waals surface area contributed by atoms with Gasteiger partial charge in [0.25, 0.3) is 0 Å². The highest BCUT2D eigenvalue weighted by Crippen LogP contribution is 2.42. The molecule has 0 saturated carbocycles. The first-order valence-electron chi connectivity index (χ1n) is 18.6. The summed E-state index contributed by atoms with van der Waals surface area (Å²) >= 11 is 0. The normalized spacial score (nSPS) is 13.0. The molecule has 51 heavy (non-hydrogen) atoms. The minimum absolute atomic E-state index is 0.150. The zero-order chi connectivity index (χ0) is 36.9. The predicted octanol–water partition coefficient (Wildman–Crippen LogP) is 11.8. The van der Waals surface area contributed by atoms with E-state index in [1.54, 1.807) is 18.2 Å². The molecule has 4 heterocycles. The van der Waals surface area contributed by atoms with Crippen molar-refractivity contribution in [2.75, 3.05) is 0 Å². The van der Waals surface area contributed by atoms with Crippen LogP contribution in [0.15, 0.2) is 166 Å². The molecular weight excluding hydrogens is 629 g/mol. The molecule has 4 aromatic heterocycles. The van der Waals surface area contributed by atoms with Crippen molar-refractivity contribution in [1.82, 2.24) is 19.5 Å². The fourth-order valence-electron chi connectivity index (χ4n) is 7.25. The van der Waals surface area contributed by atoms with Crippen molar-refractivity contribution in [3.63, 3.8) is 0 Å². The van der Waals surface area contributed by atoms with Crippen LogP contribution in [0.2, 0.25) is 0 Å². The summed E-state index contributed by atoms with van der Waals surface area (Å²) in [6.45, 7) is 0. The molecule has 0 amide bonds. The molecule has 0 bridgehead atoms. The van der Waals surface area contributed by atoms with E-state index in [4.69, 9.17) is 29.3 Å². The van der Waals surface area contributed by atoms with Crippen LogP contribution < -0.4 is 0 Å². The van der Waals surface area contributed by atoms with E-state index < -0.39 is 0 Å². The van der Waals surface area contributed by atoms with E-state index in [1.807, 2.05) is 109 Å². The third-order valence-corrected chi connectivity index (χ3v) is 9.56. The molecule has 0 unspecified atom stereocenters. The van der Waals surface area contributed by atoms with Crippen molar-refractivity contribution in [2.45, 2.75) is 0 Å². The van der Waals surface area contributed by atoms with Crippen molar-refractivity contribution in [1.29, 1.82) is 0 Å². The molecule has 6 heteroatoms. The van der Waals surface area contributed by atoms with Crippen LogP contribution in [0.25, 0.3) is 106 Å². The van der Waals surface area contributed by atoms with Gasteiger partial charge in [-0.05, 0) is 48.5 Å². The van der Waals surface area contributed by atoms with Gasteiger partial charge in [-0.1, -0.05) is 109 Å². The molecule has 0 N–H and O–H groups in total. The quantitative estimate of drug-likeness (QED) is 0.188. The summed E-state index contributed by atoms with van der Waals surface area (Å²) < 4.78 is 49.2. The lowest BCUT2D eigenvalue weighted by Gasteiger charge is -2.10. The second kappa shape index (κ2) is 10.7. The van der Waals surface area contributed by atoms with Crippen molar-refractivity contribution in [3.8, 4) is 39.9 Å². The first-order valence-corrected chi connectivity index (χ1v) is 16.6. The molecule has 0 aliphatic carbocycles. The van der Waals surface area contributed by atoms with Gasteiger partial charge in [0.2, 0.25) is 0 Å². The van der Waals surface area contributed by atoms with E-state index in [-0.39, 0.29) is 24.2 Å². The maximum Gasteiger partial charge on any atom is 0.164 e. The lowest BCUT2D eigenvalue weighted by molar-refractivity contribution is 0.668. The number of aromatic nitrogens is 4. The van der Waals surface area contributed by atoms with Gasteiger partial charge >= 0.3 is 0 Å². The van der Waals surface area contributed by atoms with Gasteiger partial charge in [-0.25, -0.2) is 15.0 Å². The third kappa shape index (κ3) is 4.26. The van der Waals surface area contributed by atoms with E-state index in [2.05, 4.69) is 4.57 Å². The predicted molar refractivity (Wildman–Crippen MR) is 205 cm³/mol. The zero-order valence-corrected chi connectivity index (χ0v) is 26.8. The third-order valence-electron chi connectivity index (χ3n) is 9.56. The first-order chi connectivity index (χ1) is 26.9. The summed E-state index contributed by atoms with van der Waals surface area (Å²) in [7, 11) is 0. The highest BCUT2D eigenvalue weighted by molar-refractivity contribution is 6.19. The topological polar surface area (TPSA) is 69.9 Å². The number of nitrogens with zero attached hydrogens (tertiary/aromatic N) is 4. The molecule has 0 radical (unpaired) electrons. The maximum atomic E-state index is 9.12.